The van der Waals surface area contributed by atoms with Gasteiger partial charge >= 0.3 is 0 Å². The standard InChI is InChI=1S/C20H40N4O2/c1-4-7-16(13-15(3)8-6-12-26-11-5-2)19(25)24-20-22-17-9-10-21-14-18(17)23-20/h15-18,20-23H,4-14H2,1-3H3,(H,24,25). The normalized spacial score (nSPS) is 27.7. The third kappa shape index (κ3) is 7.14. The number of carbonyl (C=O) groups is 1. The van der Waals surface area contributed by atoms with Crippen molar-refractivity contribution in [2.24, 2.45) is 11.8 Å². The quantitative estimate of drug-likeness (QED) is 0.396. The largest absolute Gasteiger partial charge is 0.381 e. The van der Waals surface area contributed by atoms with Crippen LogP contribution in [0.15, 0.2) is 0 Å². The van der Waals surface area contributed by atoms with Crippen LogP contribution in [-0.4, -0.2) is 50.6 Å². The molecule has 1 amide bonds. The summed E-state index contributed by atoms with van der Waals surface area (Å²) in [5.41, 5.74) is 0. The first kappa shape index (κ1) is 21.6. The molecule has 5 atom stereocenters. The average Bonchev–Trinajstić information content (AvgIpc) is 3.03. The zero-order valence-corrected chi connectivity index (χ0v) is 17.0. The summed E-state index contributed by atoms with van der Waals surface area (Å²) in [5.74, 6) is 0.854. The molecular formula is C20H40N4O2. The van der Waals surface area contributed by atoms with Gasteiger partial charge in [0.15, 0.2) is 0 Å². The summed E-state index contributed by atoms with van der Waals surface area (Å²) < 4.78 is 5.57. The molecule has 26 heavy (non-hydrogen) atoms. The summed E-state index contributed by atoms with van der Waals surface area (Å²) in [7, 11) is 0. The second kappa shape index (κ2) is 11.9. The van der Waals surface area contributed by atoms with Gasteiger partial charge in [0.1, 0.15) is 6.29 Å². The monoisotopic (exact) mass is 368 g/mol. The Kier molecular flexibility index (Phi) is 9.89. The van der Waals surface area contributed by atoms with Gasteiger partial charge in [-0.3, -0.25) is 15.4 Å². The minimum Gasteiger partial charge on any atom is -0.381 e. The van der Waals surface area contributed by atoms with Crippen molar-refractivity contribution >= 4 is 5.91 Å². The number of nitrogens with one attached hydrogen (secondary N) is 4. The highest BCUT2D eigenvalue weighted by atomic mass is 16.5. The fraction of sp³-hybridized carbons (Fsp3) is 0.950. The molecule has 0 aromatic carbocycles. The third-order valence-corrected chi connectivity index (χ3v) is 5.56. The van der Waals surface area contributed by atoms with Crippen molar-refractivity contribution in [2.45, 2.75) is 84.1 Å². The molecule has 2 aliphatic heterocycles. The second-order valence-electron chi connectivity index (χ2n) is 8.06. The van der Waals surface area contributed by atoms with E-state index in [1.165, 1.54) is 0 Å². The molecule has 2 saturated heterocycles. The lowest BCUT2D eigenvalue weighted by atomic mass is 9.89. The minimum absolute atomic E-state index is 0.0884. The number of hydrogen-bond acceptors (Lipinski definition) is 5. The van der Waals surface area contributed by atoms with Crippen molar-refractivity contribution in [2.75, 3.05) is 26.3 Å². The first-order valence-corrected chi connectivity index (χ1v) is 10.7. The molecule has 0 spiro atoms. The summed E-state index contributed by atoms with van der Waals surface area (Å²) in [5, 5.41) is 13.6. The Hall–Kier alpha value is -0.690. The molecule has 2 heterocycles. The highest BCUT2D eigenvalue weighted by molar-refractivity contribution is 5.78. The van der Waals surface area contributed by atoms with Gasteiger partial charge in [0.05, 0.1) is 0 Å². The highest BCUT2D eigenvalue weighted by Crippen LogP contribution is 2.22. The van der Waals surface area contributed by atoms with Gasteiger partial charge in [0.2, 0.25) is 5.91 Å². The number of fused-ring (bicyclic) bond motifs is 1. The first-order valence-electron chi connectivity index (χ1n) is 10.7. The van der Waals surface area contributed by atoms with Gasteiger partial charge in [0, 0.05) is 37.8 Å². The number of ether oxygens (including phenoxy) is 1. The van der Waals surface area contributed by atoms with Crippen LogP contribution in [-0.2, 0) is 9.53 Å². The molecular weight excluding hydrogens is 328 g/mol. The highest BCUT2D eigenvalue weighted by Gasteiger charge is 2.35. The van der Waals surface area contributed by atoms with Crippen LogP contribution in [0, 0.1) is 11.8 Å². The lowest BCUT2D eigenvalue weighted by Crippen LogP contribution is -2.51. The third-order valence-electron chi connectivity index (χ3n) is 5.56. The van der Waals surface area contributed by atoms with Crippen molar-refractivity contribution in [1.82, 2.24) is 21.3 Å². The van der Waals surface area contributed by atoms with Crippen molar-refractivity contribution in [3.05, 3.63) is 0 Å². The summed E-state index contributed by atoms with van der Waals surface area (Å²) in [6, 6.07) is 0.883. The predicted octanol–water partition coefficient (Wildman–Crippen LogP) is 1.96. The molecule has 0 radical (unpaired) electrons. The summed E-state index contributed by atoms with van der Waals surface area (Å²) >= 11 is 0. The molecule has 6 heteroatoms. The topological polar surface area (TPSA) is 74.4 Å². The van der Waals surface area contributed by atoms with Gasteiger partial charge in [-0.25, -0.2) is 0 Å². The van der Waals surface area contributed by atoms with Crippen LogP contribution in [0.5, 0.6) is 0 Å². The molecule has 0 aromatic heterocycles. The summed E-state index contributed by atoms with van der Waals surface area (Å²) in [6.07, 6.45) is 7.30. The van der Waals surface area contributed by atoms with E-state index in [9.17, 15) is 4.79 Å². The zero-order chi connectivity index (χ0) is 18.8. The Morgan fingerprint density at radius 3 is 2.69 bits per heavy atom. The Morgan fingerprint density at radius 2 is 1.96 bits per heavy atom. The Labute approximate surface area is 159 Å². The molecule has 4 N–H and O–H groups in total. The molecule has 6 nitrogen and oxygen atoms in total. The van der Waals surface area contributed by atoms with E-state index in [-0.39, 0.29) is 18.1 Å². The molecule has 152 valence electrons. The van der Waals surface area contributed by atoms with E-state index in [1.807, 2.05) is 0 Å². The summed E-state index contributed by atoms with van der Waals surface area (Å²) in [6.45, 7) is 10.3. The van der Waals surface area contributed by atoms with E-state index in [4.69, 9.17) is 4.74 Å². The Balaban J connectivity index is 1.72. The predicted molar refractivity (Wildman–Crippen MR) is 106 cm³/mol. The van der Waals surface area contributed by atoms with Crippen LogP contribution in [0.2, 0.25) is 0 Å². The number of hydrogen-bond donors (Lipinski definition) is 4. The van der Waals surface area contributed by atoms with Crippen molar-refractivity contribution < 1.29 is 9.53 Å². The second-order valence-corrected chi connectivity index (χ2v) is 8.06. The van der Waals surface area contributed by atoms with Crippen molar-refractivity contribution in [3.63, 3.8) is 0 Å². The Morgan fingerprint density at radius 1 is 1.15 bits per heavy atom. The van der Waals surface area contributed by atoms with E-state index >= 15 is 0 Å². The van der Waals surface area contributed by atoms with E-state index in [0.29, 0.717) is 18.0 Å². The van der Waals surface area contributed by atoms with Crippen LogP contribution < -0.4 is 21.3 Å². The van der Waals surface area contributed by atoms with E-state index in [2.05, 4.69) is 42.0 Å². The smallest absolute Gasteiger partial charge is 0.225 e. The van der Waals surface area contributed by atoms with Gasteiger partial charge < -0.3 is 15.4 Å². The maximum Gasteiger partial charge on any atom is 0.225 e. The van der Waals surface area contributed by atoms with E-state index < -0.39 is 0 Å². The van der Waals surface area contributed by atoms with Gasteiger partial charge in [0.25, 0.3) is 0 Å². The number of carbonyl (C=O) groups excluding carboxylic acids is 1. The van der Waals surface area contributed by atoms with Gasteiger partial charge in [-0.2, -0.15) is 0 Å². The lowest BCUT2D eigenvalue weighted by molar-refractivity contribution is -0.126. The molecule has 2 rings (SSSR count). The van der Waals surface area contributed by atoms with Crippen LogP contribution in [0.1, 0.15) is 65.7 Å². The van der Waals surface area contributed by atoms with Gasteiger partial charge in [-0.15, -0.1) is 0 Å². The number of amides is 1. The maximum absolute atomic E-state index is 12.8. The fourth-order valence-electron chi connectivity index (χ4n) is 4.14. The minimum atomic E-state index is -0.0884. The zero-order valence-electron chi connectivity index (χ0n) is 17.0. The molecule has 0 aromatic rings. The number of piperidine rings is 1. The van der Waals surface area contributed by atoms with E-state index in [1.54, 1.807) is 0 Å². The van der Waals surface area contributed by atoms with Crippen LogP contribution in [0.4, 0.5) is 0 Å². The lowest BCUT2D eigenvalue weighted by Gasteiger charge is -2.24. The number of rotatable bonds is 12. The molecule has 5 unspecified atom stereocenters. The maximum atomic E-state index is 12.8. The van der Waals surface area contributed by atoms with Gasteiger partial charge in [-0.05, 0) is 51.0 Å². The molecule has 0 saturated carbocycles. The van der Waals surface area contributed by atoms with Gasteiger partial charge in [-0.1, -0.05) is 27.2 Å². The van der Waals surface area contributed by atoms with Crippen LogP contribution >= 0.6 is 0 Å². The molecule has 2 fully saturated rings. The SMILES string of the molecule is CCCOCCCC(C)CC(CCC)C(=O)NC1NC2CCNCC2N1. The summed E-state index contributed by atoms with van der Waals surface area (Å²) in [4.78, 5) is 12.8. The van der Waals surface area contributed by atoms with Crippen LogP contribution in [0.25, 0.3) is 0 Å². The van der Waals surface area contributed by atoms with E-state index in [0.717, 1.165) is 71.2 Å². The average molecular weight is 369 g/mol. The van der Waals surface area contributed by atoms with Crippen molar-refractivity contribution in [3.8, 4) is 0 Å². The Bertz CT molecular complexity index is 393. The molecule has 0 bridgehead atoms. The molecule has 2 aliphatic rings. The first-order chi connectivity index (χ1) is 12.6. The molecule has 0 aliphatic carbocycles. The van der Waals surface area contributed by atoms with Crippen molar-refractivity contribution in [1.29, 1.82) is 0 Å². The fourth-order valence-corrected chi connectivity index (χ4v) is 4.14. The van der Waals surface area contributed by atoms with Crippen LogP contribution in [0.3, 0.4) is 0 Å².